The summed E-state index contributed by atoms with van der Waals surface area (Å²) in [6, 6.07) is 7.71. The summed E-state index contributed by atoms with van der Waals surface area (Å²) in [7, 11) is 1.27. The Morgan fingerprint density at radius 3 is 2.79 bits per heavy atom. The first-order valence-electron chi connectivity index (χ1n) is 6.67. The van der Waals surface area contributed by atoms with E-state index in [1.165, 1.54) is 25.5 Å². The molecule has 0 aliphatic carbocycles. The molecule has 1 atom stereocenters. The molecule has 1 aromatic rings. The monoisotopic (exact) mass is 266 g/mol. The summed E-state index contributed by atoms with van der Waals surface area (Å²) in [4.78, 5) is 20.5. The molecule has 1 aromatic carbocycles. The summed E-state index contributed by atoms with van der Waals surface area (Å²) in [6.45, 7) is 1.87. The van der Waals surface area contributed by atoms with Crippen molar-refractivity contribution in [3.63, 3.8) is 0 Å². The van der Waals surface area contributed by atoms with Gasteiger partial charge in [-0.15, -0.1) is 0 Å². The Kier molecular flexibility index (Phi) is 7.15. The highest BCUT2D eigenvalue weighted by Crippen LogP contribution is 2.19. The Labute approximate surface area is 114 Å². The summed E-state index contributed by atoms with van der Waals surface area (Å²) >= 11 is 0. The standard InChI is InChI=1S/C15H22O4/c1-3-4-5-7-12-8-6-9-13(10-12)14(11-16)15(17)19-18-2/h6,8-10,14,16H,3-5,7,11H2,1-2H3. The molecule has 0 aliphatic heterocycles. The Bertz CT molecular complexity index is 389. The van der Waals surface area contributed by atoms with Gasteiger partial charge in [-0.25, -0.2) is 4.79 Å². The lowest BCUT2D eigenvalue weighted by atomic mass is 9.96. The molecule has 0 bridgehead atoms. The van der Waals surface area contributed by atoms with E-state index in [2.05, 4.69) is 16.7 Å². The zero-order chi connectivity index (χ0) is 14.1. The van der Waals surface area contributed by atoms with Crippen LogP contribution in [0.3, 0.4) is 0 Å². The van der Waals surface area contributed by atoms with E-state index in [1.54, 1.807) is 0 Å². The maximum atomic E-state index is 11.6. The number of carbonyl (C=O) groups excluding carboxylic acids is 1. The van der Waals surface area contributed by atoms with Gasteiger partial charge in [-0.05, 0) is 24.0 Å². The number of carbonyl (C=O) groups is 1. The third kappa shape index (κ3) is 5.01. The van der Waals surface area contributed by atoms with Gasteiger partial charge in [0.25, 0.3) is 0 Å². The second-order valence-electron chi connectivity index (χ2n) is 4.51. The first-order valence-corrected chi connectivity index (χ1v) is 6.67. The summed E-state index contributed by atoms with van der Waals surface area (Å²) in [5.74, 6) is -1.26. The lowest BCUT2D eigenvalue weighted by Gasteiger charge is -2.13. The number of rotatable bonds is 8. The molecule has 0 spiro atoms. The van der Waals surface area contributed by atoms with Gasteiger partial charge in [0.1, 0.15) is 5.92 Å². The molecule has 1 rings (SSSR count). The van der Waals surface area contributed by atoms with Gasteiger partial charge < -0.3 is 5.11 Å². The molecular weight excluding hydrogens is 244 g/mol. The van der Waals surface area contributed by atoms with Crippen molar-refractivity contribution in [3.05, 3.63) is 35.4 Å². The molecular formula is C15H22O4. The Balaban J connectivity index is 2.75. The second-order valence-corrected chi connectivity index (χ2v) is 4.51. The first kappa shape index (κ1) is 15.7. The van der Waals surface area contributed by atoms with Crippen LogP contribution in [0.5, 0.6) is 0 Å². The minimum Gasteiger partial charge on any atom is -0.395 e. The molecule has 0 saturated heterocycles. The average molecular weight is 266 g/mol. The number of aliphatic hydroxyl groups excluding tert-OH is 1. The predicted octanol–water partition coefficient (Wildman–Crippen LogP) is 2.60. The van der Waals surface area contributed by atoms with E-state index in [0.29, 0.717) is 0 Å². The number of hydrogen-bond donors (Lipinski definition) is 1. The summed E-state index contributed by atoms with van der Waals surface area (Å²) in [6.07, 6.45) is 4.49. The van der Waals surface area contributed by atoms with E-state index in [0.717, 1.165) is 18.4 Å². The van der Waals surface area contributed by atoms with Gasteiger partial charge in [0.2, 0.25) is 0 Å². The highest BCUT2D eigenvalue weighted by Gasteiger charge is 2.22. The highest BCUT2D eigenvalue weighted by atomic mass is 17.2. The lowest BCUT2D eigenvalue weighted by Crippen LogP contribution is -2.19. The minimum atomic E-state index is -0.689. The van der Waals surface area contributed by atoms with Crippen molar-refractivity contribution in [3.8, 4) is 0 Å². The predicted molar refractivity (Wildman–Crippen MR) is 72.6 cm³/mol. The molecule has 4 heteroatoms. The summed E-state index contributed by atoms with van der Waals surface area (Å²) in [5, 5.41) is 9.33. The second kappa shape index (κ2) is 8.67. The van der Waals surface area contributed by atoms with Gasteiger partial charge in [-0.3, -0.25) is 4.89 Å². The molecule has 0 aromatic heterocycles. The van der Waals surface area contributed by atoms with Gasteiger partial charge in [-0.2, -0.15) is 4.89 Å². The van der Waals surface area contributed by atoms with Crippen LogP contribution in [0.15, 0.2) is 24.3 Å². The Hall–Kier alpha value is -1.39. The largest absolute Gasteiger partial charge is 0.395 e. The molecule has 19 heavy (non-hydrogen) atoms. The van der Waals surface area contributed by atoms with Gasteiger partial charge in [0.05, 0.1) is 13.7 Å². The van der Waals surface area contributed by atoms with Crippen molar-refractivity contribution < 1.29 is 19.7 Å². The van der Waals surface area contributed by atoms with Crippen molar-refractivity contribution in [2.24, 2.45) is 0 Å². The fraction of sp³-hybridized carbons (Fsp3) is 0.533. The molecule has 0 amide bonds. The van der Waals surface area contributed by atoms with Crippen molar-refractivity contribution in [1.29, 1.82) is 0 Å². The van der Waals surface area contributed by atoms with Crippen molar-refractivity contribution in [2.75, 3.05) is 13.7 Å². The van der Waals surface area contributed by atoms with Crippen LogP contribution in [-0.4, -0.2) is 24.8 Å². The first-order chi connectivity index (χ1) is 9.22. The van der Waals surface area contributed by atoms with Gasteiger partial charge in [0.15, 0.2) is 0 Å². The molecule has 0 saturated carbocycles. The van der Waals surface area contributed by atoms with Crippen molar-refractivity contribution in [2.45, 2.75) is 38.5 Å². The van der Waals surface area contributed by atoms with Crippen LogP contribution in [-0.2, 0) is 21.0 Å². The van der Waals surface area contributed by atoms with Crippen LogP contribution >= 0.6 is 0 Å². The highest BCUT2D eigenvalue weighted by molar-refractivity contribution is 5.77. The van der Waals surface area contributed by atoms with E-state index in [4.69, 9.17) is 0 Å². The van der Waals surface area contributed by atoms with Crippen LogP contribution in [0.4, 0.5) is 0 Å². The van der Waals surface area contributed by atoms with Gasteiger partial charge >= 0.3 is 5.97 Å². The van der Waals surface area contributed by atoms with Crippen LogP contribution < -0.4 is 0 Å². The Morgan fingerprint density at radius 2 is 2.16 bits per heavy atom. The maximum absolute atomic E-state index is 11.6. The van der Waals surface area contributed by atoms with Gasteiger partial charge in [0, 0.05) is 0 Å². The number of aliphatic hydroxyl groups is 1. The molecule has 4 nitrogen and oxygen atoms in total. The molecule has 1 N–H and O–H groups in total. The lowest BCUT2D eigenvalue weighted by molar-refractivity contribution is -0.257. The van der Waals surface area contributed by atoms with E-state index in [-0.39, 0.29) is 6.61 Å². The molecule has 0 radical (unpaired) electrons. The SMILES string of the molecule is CCCCCc1cccc(C(CO)C(=O)OOC)c1. The minimum absolute atomic E-state index is 0.291. The fourth-order valence-corrected chi connectivity index (χ4v) is 2.00. The summed E-state index contributed by atoms with van der Waals surface area (Å²) < 4.78 is 0. The topological polar surface area (TPSA) is 55.8 Å². The van der Waals surface area contributed by atoms with E-state index >= 15 is 0 Å². The maximum Gasteiger partial charge on any atom is 0.352 e. The number of benzene rings is 1. The number of unbranched alkanes of at least 4 members (excludes halogenated alkanes) is 2. The molecule has 0 fully saturated rings. The average Bonchev–Trinajstić information content (AvgIpc) is 2.41. The van der Waals surface area contributed by atoms with E-state index in [1.807, 2.05) is 24.3 Å². The van der Waals surface area contributed by atoms with Crippen LogP contribution in [0.1, 0.15) is 43.2 Å². The quantitative estimate of drug-likeness (QED) is 0.446. The molecule has 0 heterocycles. The number of aryl methyl sites for hydroxylation is 1. The normalized spacial score (nSPS) is 12.2. The van der Waals surface area contributed by atoms with Crippen LogP contribution in [0, 0.1) is 0 Å². The van der Waals surface area contributed by atoms with Crippen molar-refractivity contribution >= 4 is 5.97 Å². The molecule has 106 valence electrons. The fourth-order valence-electron chi connectivity index (χ4n) is 2.00. The smallest absolute Gasteiger partial charge is 0.352 e. The van der Waals surface area contributed by atoms with Crippen molar-refractivity contribution in [1.82, 2.24) is 0 Å². The zero-order valence-electron chi connectivity index (χ0n) is 11.6. The zero-order valence-corrected chi connectivity index (χ0v) is 11.6. The number of hydrogen-bond acceptors (Lipinski definition) is 4. The molecule has 1 unspecified atom stereocenters. The van der Waals surface area contributed by atoms with Crippen LogP contribution in [0.2, 0.25) is 0 Å². The third-order valence-electron chi connectivity index (χ3n) is 3.05. The Morgan fingerprint density at radius 1 is 1.37 bits per heavy atom. The van der Waals surface area contributed by atoms with Gasteiger partial charge in [-0.1, -0.05) is 44.0 Å². The summed E-state index contributed by atoms with van der Waals surface area (Å²) in [5.41, 5.74) is 1.94. The van der Waals surface area contributed by atoms with Crippen LogP contribution in [0.25, 0.3) is 0 Å². The molecule has 0 aliphatic rings. The van der Waals surface area contributed by atoms with E-state index in [9.17, 15) is 9.90 Å². The third-order valence-corrected chi connectivity index (χ3v) is 3.05. The van der Waals surface area contributed by atoms with E-state index < -0.39 is 11.9 Å².